The summed E-state index contributed by atoms with van der Waals surface area (Å²) in [5.41, 5.74) is 2.03. The highest BCUT2D eigenvalue weighted by Crippen LogP contribution is 2.26. The number of nitrogens with one attached hydrogen (secondary N) is 1. The summed E-state index contributed by atoms with van der Waals surface area (Å²) in [6.45, 7) is 7.22. The molecule has 0 spiro atoms. The van der Waals surface area contributed by atoms with E-state index in [0.29, 0.717) is 30.8 Å². The van der Waals surface area contributed by atoms with Gasteiger partial charge in [0.2, 0.25) is 0 Å². The van der Waals surface area contributed by atoms with Crippen LogP contribution in [0.3, 0.4) is 0 Å². The van der Waals surface area contributed by atoms with E-state index in [9.17, 15) is 9.59 Å². The first kappa shape index (κ1) is 15.0. The molecule has 0 saturated heterocycles. The van der Waals surface area contributed by atoms with Crippen molar-refractivity contribution in [2.24, 2.45) is 0 Å². The topological polar surface area (TPSA) is 66.1 Å². The van der Waals surface area contributed by atoms with Crippen LogP contribution in [0.4, 0.5) is 0 Å². The SMILES string of the molecule is CC(C)(C)c1nc(C(=O)N2CCc3cc[nH]c(=O)c3C2)cs1. The van der Waals surface area contributed by atoms with Gasteiger partial charge in [0.1, 0.15) is 5.69 Å². The van der Waals surface area contributed by atoms with Crippen LogP contribution in [0.2, 0.25) is 0 Å². The van der Waals surface area contributed by atoms with Crippen molar-refractivity contribution < 1.29 is 4.79 Å². The Morgan fingerprint density at radius 2 is 2.18 bits per heavy atom. The van der Waals surface area contributed by atoms with Gasteiger partial charge < -0.3 is 9.88 Å². The van der Waals surface area contributed by atoms with Gasteiger partial charge in [-0.25, -0.2) is 4.98 Å². The molecule has 0 bridgehead atoms. The number of pyridine rings is 1. The lowest BCUT2D eigenvalue weighted by Gasteiger charge is -2.27. The zero-order valence-electron chi connectivity index (χ0n) is 13.0. The lowest BCUT2D eigenvalue weighted by molar-refractivity contribution is 0.0728. The maximum absolute atomic E-state index is 12.6. The molecular formula is C16H19N3O2S. The monoisotopic (exact) mass is 317 g/mol. The van der Waals surface area contributed by atoms with E-state index in [1.807, 2.05) is 11.4 Å². The smallest absolute Gasteiger partial charge is 0.273 e. The van der Waals surface area contributed by atoms with Crippen LogP contribution in [0.15, 0.2) is 22.4 Å². The van der Waals surface area contributed by atoms with Crippen LogP contribution in [0.1, 0.15) is 47.4 Å². The molecule has 1 N–H and O–H groups in total. The fourth-order valence-electron chi connectivity index (χ4n) is 2.54. The fraction of sp³-hybridized carbons (Fsp3) is 0.438. The van der Waals surface area contributed by atoms with Gasteiger partial charge >= 0.3 is 0 Å². The fourth-order valence-corrected chi connectivity index (χ4v) is 3.42. The number of carbonyl (C=O) groups is 1. The third-order valence-corrected chi connectivity index (χ3v) is 5.08. The lowest BCUT2D eigenvalue weighted by Crippen LogP contribution is -2.39. The maximum Gasteiger partial charge on any atom is 0.273 e. The summed E-state index contributed by atoms with van der Waals surface area (Å²) in [6, 6.07) is 1.92. The number of nitrogens with zero attached hydrogens (tertiary/aromatic N) is 2. The molecule has 1 aliphatic rings. The van der Waals surface area contributed by atoms with Crippen LogP contribution in [0.25, 0.3) is 0 Å². The Kier molecular flexibility index (Phi) is 3.64. The van der Waals surface area contributed by atoms with Crippen LogP contribution >= 0.6 is 11.3 Å². The predicted molar refractivity (Wildman–Crippen MR) is 86.3 cm³/mol. The number of H-pyrrole nitrogens is 1. The molecule has 116 valence electrons. The van der Waals surface area contributed by atoms with E-state index in [2.05, 4.69) is 30.7 Å². The molecule has 0 aromatic carbocycles. The molecule has 0 atom stereocenters. The molecule has 3 rings (SSSR count). The molecule has 3 heterocycles. The molecule has 2 aromatic heterocycles. The van der Waals surface area contributed by atoms with Crippen molar-refractivity contribution in [2.45, 2.75) is 39.2 Å². The second-order valence-electron chi connectivity index (χ2n) is 6.58. The summed E-state index contributed by atoms with van der Waals surface area (Å²) in [6.07, 6.45) is 2.37. The third-order valence-electron chi connectivity index (χ3n) is 3.81. The summed E-state index contributed by atoms with van der Waals surface area (Å²) in [4.78, 5) is 33.4. The van der Waals surface area contributed by atoms with Gasteiger partial charge in [0.25, 0.3) is 11.5 Å². The molecule has 0 saturated carbocycles. The van der Waals surface area contributed by atoms with Crippen LogP contribution in [-0.2, 0) is 18.4 Å². The van der Waals surface area contributed by atoms with Gasteiger partial charge in [-0.15, -0.1) is 11.3 Å². The van der Waals surface area contributed by atoms with Crippen LogP contribution in [0.5, 0.6) is 0 Å². The maximum atomic E-state index is 12.6. The Balaban J connectivity index is 1.84. The number of rotatable bonds is 1. The quantitative estimate of drug-likeness (QED) is 0.878. The summed E-state index contributed by atoms with van der Waals surface area (Å²) in [5.74, 6) is -0.0966. The number of carbonyl (C=O) groups excluding carboxylic acids is 1. The van der Waals surface area contributed by atoms with Crippen molar-refractivity contribution in [1.29, 1.82) is 0 Å². The molecule has 1 aliphatic heterocycles. The second kappa shape index (κ2) is 5.35. The van der Waals surface area contributed by atoms with Gasteiger partial charge in [-0.3, -0.25) is 9.59 Å². The Labute approximate surface area is 133 Å². The van der Waals surface area contributed by atoms with Gasteiger partial charge in [-0.1, -0.05) is 20.8 Å². The van der Waals surface area contributed by atoms with Crippen LogP contribution in [-0.4, -0.2) is 27.3 Å². The second-order valence-corrected chi connectivity index (χ2v) is 7.43. The Morgan fingerprint density at radius 1 is 1.41 bits per heavy atom. The van der Waals surface area contributed by atoms with E-state index in [1.165, 1.54) is 11.3 Å². The van der Waals surface area contributed by atoms with Gasteiger partial charge in [0, 0.05) is 29.1 Å². The number of hydrogen-bond donors (Lipinski definition) is 1. The standard InChI is InChI=1S/C16H19N3O2S/c1-16(2,3)15-18-12(9-22-15)14(21)19-7-5-10-4-6-17-13(20)11(10)8-19/h4,6,9H,5,7-8H2,1-3H3,(H,17,20). The van der Waals surface area contributed by atoms with Gasteiger partial charge in [0.05, 0.1) is 11.6 Å². The average molecular weight is 317 g/mol. The number of amides is 1. The van der Waals surface area contributed by atoms with E-state index >= 15 is 0 Å². The number of aromatic amines is 1. The molecule has 6 heteroatoms. The van der Waals surface area contributed by atoms with Crippen molar-refractivity contribution in [3.05, 3.63) is 49.8 Å². The largest absolute Gasteiger partial charge is 0.332 e. The highest BCUT2D eigenvalue weighted by molar-refractivity contribution is 7.10. The minimum absolute atomic E-state index is 0.0607. The van der Waals surface area contributed by atoms with Crippen molar-refractivity contribution >= 4 is 17.2 Å². The zero-order valence-corrected chi connectivity index (χ0v) is 13.8. The third kappa shape index (κ3) is 2.70. The van der Waals surface area contributed by atoms with Crippen LogP contribution in [0, 0.1) is 0 Å². The molecule has 2 aromatic rings. The first-order chi connectivity index (χ1) is 10.4. The summed E-state index contributed by atoms with van der Waals surface area (Å²) in [7, 11) is 0. The minimum Gasteiger partial charge on any atom is -0.332 e. The first-order valence-corrected chi connectivity index (χ1v) is 8.19. The number of fused-ring (bicyclic) bond motifs is 1. The van der Waals surface area contributed by atoms with Crippen molar-refractivity contribution in [1.82, 2.24) is 14.9 Å². The molecule has 0 aliphatic carbocycles. The molecule has 0 fully saturated rings. The Bertz CT molecular complexity index is 770. The van der Waals surface area contributed by atoms with E-state index in [4.69, 9.17) is 0 Å². The number of aromatic nitrogens is 2. The minimum atomic E-state index is -0.108. The van der Waals surface area contributed by atoms with Gasteiger partial charge in [-0.2, -0.15) is 0 Å². The van der Waals surface area contributed by atoms with Gasteiger partial charge in [-0.05, 0) is 18.1 Å². The van der Waals surface area contributed by atoms with Crippen LogP contribution < -0.4 is 5.56 Å². The van der Waals surface area contributed by atoms with Crippen molar-refractivity contribution in [3.8, 4) is 0 Å². The normalized spacial score (nSPS) is 14.8. The summed E-state index contributed by atoms with van der Waals surface area (Å²) in [5, 5.41) is 2.76. The summed E-state index contributed by atoms with van der Waals surface area (Å²) < 4.78 is 0. The number of hydrogen-bond acceptors (Lipinski definition) is 4. The predicted octanol–water partition coefficient (Wildman–Crippen LogP) is 2.33. The van der Waals surface area contributed by atoms with E-state index < -0.39 is 0 Å². The van der Waals surface area contributed by atoms with Crippen molar-refractivity contribution in [3.63, 3.8) is 0 Å². The van der Waals surface area contributed by atoms with E-state index in [0.717, 1.165) is 10.6 Å². The number of thiazole rings is 1. The molecule has 0 unspecified atom stereocenters. The molecular weight excluding hydrogens is 298 g/mol. The van der Waals surface area contributed by atoms with E-state index in [-0.39, 0.29) is 16.9 Å². The van der Waals surface area contributed by atoms with Crippen molar-refractivity contribution in [2.75, 3.05) is 6.54 Å². The molecule has 5 nitrogen and oxygen atoms in total. The van der Waals surface area contributed by atoms with Gasteiger partial charge in [0.15, 0.2) is 0 Å². The first-order valence-electron chi connectivity index (χ1n) is 7.31. The molecule has 0 radical (unpaired) electrons. The highest BCUT2D eigenvalue weighted by atomic mass is 32.1. The van der Waals surface area contributed by atoms with E-state index in [1.54, 1.807) is 11.1 Å². The molecule has 1 amide bonds. The Hall–Kier alpha value is -1.95. The molecule has 22 heavy (non-hydrogen) atoms. The zero-order chi connectivity index (χ0) is 15.9. The lowest BCUT2D eigenvalue weighted by atomic mass is 9.98. The average Bonchev–Trinajstić information content (AvgIpc) is 2.96. The Morgan fingerprint density at radius 3 is 2.86 bits per heavy atom. The highest BCUT2D eigenvalue weighted by Gasteiger charge is 2.26. The summed E-state index contributed by atoms with van der Waals surface area (Å²) >= 11 is 1.51.